The van der Waals surface area contributed by atoms with E-state index in [9.17, 15) is 22.0 Å². The number of halogens is 6. The molecule has 1 aromatic heterocycles. The highest BCUT2D eigenvalue weighted by molar-refractivity contribution is 14.1. The van der Waals surface area contributed by atoms with E-state index < -0.39 is 24.2 Å². The van der Waals surface area contributed by atoms with Gasteiger partial charge in [-0.15, -0.1) is 13.2 Å². The van der Waals surface area contributed by atoms with E-state index in [0.717, 1.165) is 0 Å². The summed E-state index contributed by atoms with van der Waals surface area (Å²) in [5, 5.41) is 0. The normalized spacial score (nSPS) is 12.0. The van der Waals surface area contributed by atoms with Crippen molar-refractivity contribution in [1.29, 1.82) is 0 Å². The molecule has 0 atom stereocenters. The molecule has 8 heteroatoms. The summed E-state index contributed by atoms with van der Waals surface area (Å²) < 4.78 is 64.3. The maximum absolute atomic E-state index is 12.5. The molecule has 0 aliphatic rings. The van der Waals surface area contributed by atoms with Crippen LogP contribution in [0.2, 0.25) is 0 Å². The Bertz CT molecular complexity index is 393. The van der Waals surface area contributed by atoms with Crippen molar-refractivity contribution in [1.82, 2.24) is 4.98 Å². The van der Waals surface area contributed by atoms with Crippen molar-refractivity contribution >= 4 is 22.6 Å². The second-order valence-electron chi connectivity index (χ2n) is 2.81. The molecule has 0 N–H and O–H groups in total. The van der Waals surface area contributed by atoms with Gasteiger partial charge in [0, 0.05) is 9.26 Å². The Morgan fingerprint density at radius 2 is 1.94 bits per heavy atom. The highest BCUT2D eigenvalue weighted by Gasteiger charge is 2.35. The van der Waals surface area contributed by atoms with Crippen molar-refractivity contribution in [2.45, 2.75) is 19.7 Å². The summed E-state index contributed by atoms with van der Waals surface area (Å²) in [5.74, 6) is -1.09. The Morgan fingerprint density at radius 3 is 2.38 bits per heavy atom. The zero-order valence-electron chi connectivity index (χ0n) is 7.78. The zero-order valence-corrected chi connectivity index (χ0v) is 9.94. The summed E-state index contributed by atoms with van der Waals surface area (Å²) in [6.45, 7) is 1.39. The number of aryl methyl sites for hydroxylation is 1. The number of rotatable bonds is 2. The monoisotopic (exact) mass is 353 g/mol. The van der Waals surface area contributed by atoms with Crippen LogP contribution in [-0.2, 0) is 0 Å². The number of aromatic nitrogens is 1. The van der Waals surface area contributed by atoms with Gasteiger partial charge in [0.2, 0.25) is 5.88 Å². The minimum absolute atomic E-state index is 0.0145. The van der Waals surface area contributed by atoms with E-state index in [4.69, 9.17) is 0 Å². The number of pyridine rings is 1. The highest BCUT2D eigenvalue weighted by Crippen LogP contribution is 2.34. The van der Waals surface area contributed by atoms with Crippen LogP contribution in [0.25, 0.3) is 0 Å². The van der Waals surface area contributed by atoms with Gasteiger partial charge >= 0.3 is 6.36 Å². The Labute approximate surface area is 101 Å². The molecule has 0 spiro atoms. The molecule has 1 rings (SSSR count). The lowest BCUT2D eigenvalue weighted by atomic mass is 10.2. The standard InChI is InChI=1S/C8H5F5INO/c1-3-2-4(14)5(6(9)10)7(15-3)16-8(11,12)13/h2,6H,1H3. The topological polar surface area (TPSA) is 22.1 Å². The molecule has 0 saturated carbocycles. The number of alkyl halides is 5. The Kier molecular flexibility index (Phi) is 3.92. The molecule has 0 radical (unpaired) electrons. The summed E-state index contributed by atoms with van der Waals surface area (Å²) in [6.07, 6.45) is -8.11. The lowest BCUT2D eigenvalue weighted by molar-refractivity contribution is -0.276. The molecule has 0 aromatic carbocycles. The van der Waals surface area contributed by atoms with E-state index in [1.54, 1.807) is 0 Å². The summed E-state index contributed by atoms with van der Waals surface area (Å²) in [5.41, 5.74) is -0.670. The summed E-state index contributed by atoms with van der Waals surface area (Å²) in [4.78, 5) is 3.31. The number of hydrogen-bond acceptors (Lipinski definition) is 2. The van der Waals surface area contributed by atoms with Gasteiger partial charge in [0.05, 0.1) is 5.56 Å². The van der Waals surface area contributed by atoms with E-state index in [0.29, 0.717) is 0 Å². The summed E-state index contributed by atoms with van der Waals surface area (Å²) in [6, 6.07) is 1.26. The third-order valence-electron chi connectivity index (χ3n) is 1.53. The average molecular weight is 353 g/mol. The van der Waals surface area contributed by atoms with Crippen molar-refractivity contribution in [3.05, 3.63) is 20.9 Å². The molecule has 0 unspecified atom stereocenters. The van der Waals surface area contributed by atoms with Crippen molar-refractivity contribution in [3.8, 4) is 5.88 Å². The Hall–Kier alpha value is -0.670. The van der Waals surface area contributed by atoms with Gasteiger partial charge in [0.1, 0.15) is 0 Å². The SMILES string of the molecule is Cc1cc(I)c(C(F)F)c(OC(F)(F)F)n1. The first-order chi connectivity index (χ1) is 7.20. The van der Waals surface area contributed by atoms with Gasteiger partial charge in [-0.1, -0.05) is 0 Å². The van der Waals surface area contributed by atoms with Crippen LogP contribution in [-0.4, -0.2) is 11.3 Å². The average Bonchev–Trinajstić information content (AvgIpc) is 1.96. The van der Waals surface area contributed by atoms with Crippen molar-refractivity contribution in [3.63, 3.8) is 0 Å². The molecule has 0 aliphatic carbocycles. The second-order valence-corrected chi connectivity index (χ2v) is 3.97. The van der Waals surface area contributed by atoms with Gasteiger partial charge in [-0.25, -0.2) is 13.8 Å². The first-order valence-corrected chi connectivity index (χ1v) is 4.99. The second kappa shape index (κ2) is 4.68. The van der Waals surface area contributed by atoms with Crippen LogP contribution >= 0.6 is 22.6 Å². The van der Waals surface area contributed by atoms with Gasteiger partial charge in [0.15, 0.2) is 0 Å². The van der Waals surface area contributed by atoms with Crippen LogP contribution in [0.5, 0.6) is 5.88 Å². The van der Waals surface area contributed by atoms with Crippen molar-refractivity contribution in [2.24, 2.45) is 0 Å². The Balaban J connectivity index is 3.24. The number of nitrogens with zero attached hydrogens (tertiary/aromatic N) is 1. The van der Waals surface area contributed by atoms with Crippen LogP contribution < -0.4 is 4.74 Å². The molecule has 1 aromatic rings. The first-order valence-electron chi connectivity index (χ1n) is 3.91. The van der Waals surface area contributed by atoms with Crippen LogP contribution in [0.15, 0.2) is 6.07 Å². The van der Waals surface area contributed by atoms with E-state index in [1.165, 1.54) is 35.6 Å². The lowest BCUT2D eigenvalue weighted by Gasteiger charge is -2.13. The highest BCUT2D eigenvalue weighted by atomic mass is 127. The molecule has 1 heterocycles. The molecule has 0 aliphatic heterocycles. The predicted molar refractivity (Wildman–Crippen MR) is 53.3 cm³/mol. The molecule has 0 saturated heterocycles. The van der Waals surface area contributed by atoms with Crippen molar-refractivity contribution in [2.75, 3.05) is 0 Å². The molecule has 2 nitrogen and oxygen atoms in total. The van der Waals surface area contributed by atoms with Gasteiger partial charge in [-0.2, -0.15) is 0 Å². The molecule has 0 fully saturated rings. The van der Waals surface area contributed by atoms with Crippen molar-refractivity contribution < 1.29 is 26.7 Å². The quantitative estimate of drug-likeness (QED) is 0.596. The fraction of sp³-hybridized carbons (Fsp3) is 0.375. The third-order valence-corrected chi connectivity index (χ3v) is 2.42. The third kappa shape index (κ3) is 3.42. The molecular weight excluding hydrogens is 348 g/mol. The van der Waals surface area contributed by atoms with Gasteiger partial charge in [0.25, 0.3) is 6.43 Å². The maximum atomic E-state index is 12.5. The van der Waals surface area contributed by atoms with Gasteiger partial charge in [-0.3, -0.25) is 0 Å². The number of hydrogen-bond donors (Lipinski definition) is 0. The first kappa shape index (κ1) is 13.4. The maximum Gasteiger partial charge on any atom is 0.574 e. The molecule has 0 bridgehead atoms. The van der Waals surface area contributed by atoms with Crippen LogP contribution in [0, 0.1) is 10.5 Å². The Morgan fingerprint density at radius 1 is 1.38 bits per heavy atom. The predicted octanol–water partition coefficient (Wildman–Crippen LogP) is 3.83. The molecule has 90 valence electrons. The van der Waals surface area contributed by atoms with Crippen LogP contribution in [0.4, 0.5) is 22.0 Å². The van der Waals surface area contributed by atoms with E-state index in [2.05, 4.69) is 9.72 Å². The van der Waals surface area contributed by atoms with E-state index in [-0.39, 0.29) is 9.26 Å². The minimum atomic E-state index is -5.03. The summed E-state index contributed by atoms with van der Waals surface area (Å²) >= 11 is 1.51. The molecular formula is C8H5F5INO. The van der Waals surface area contributed by atoms with E-state index in [1.807, 2.05) is 0 Å². The van der Waals surface area contributed by atoms with E-state index >= 15 is 0 Å². The molecule has 0 amide bonds. The van der Waals surface area contributed by atoms with Gasteiger partial charge < -0.3 is 4.74 Å². The minimum Gasteiger partial charge on any atom is -0.387 e. The largest absolute Gasteiger partial charge is 0.574 e. The zero-order chi connectivity index (χ0) is 12.5. The lowest BCUT2D eigenvalue weighted by Crippen LogP contribution is -2.19. The van der Waals surface area contributed by atoms with Crippen LogP contribution in [0.3, 0.4) is 0 Å². The molecule has 16 heavy (non-hydrogen) atoms. The fourth-order valence-electron chi connectivity index (χ4n) is 1.00. The smallest absolute Gasteiger partial charge is 0.387 e. The van der Waals surface area contributed by atoms with Crippen LogP contribution in [0.1, 0.15) is 17.7 Å². The number of ether oxygens (including phenoxy) is 1. The van der Waals surface area contributed by atoms with Gasteiger partial charge in [-0.05, 0) is 35.6 Å². The fourth-order valence-corrected chi connectivity index (χ4v) is 1.92. The summed E-state index contributed by atoms with van der Waals surface area (Å²) in [7, 11) is 0.